The summed E-state index contributed by atoms with van der Waals surface area (Å²) in [4.78, 5) is 13.7. The van der Waals surface area contributed by atoms with Gasteiger partial charge in [0.05, 0.1) is 17.6 Å². The highest BCUT2D eigenvalue weighted by Gasteiger charge is 2.16. The molecular weight excluding hydrogens is 370 g/mol. The highest BCUT2D eigenvalue weighted by molar-refractivity contribution is 9.10. The number of nitrogens with one attached hydrogen (secondary N) is 1. The zero-order valence-electron chi connectivity index (χ0n) is 13.4. The number of anilines is 1. The third kappa shape index (κ3) is 3.01. The van der Waals surface area contributed by atoms with E-state index in [1.165, 1.54) is 0 Å². The van der Waals surface area contributed by atoms with Gasteiger partial charge >= 0.3 is 0 Å². The standard InChI is InChI=1S/C17H18BrN5O/c1-11-8-20-17(21-13-4-6-24-7-5-13)22-16(11)14-9-19-15-3-2-12(18)10-23(14)15/h2-3,8-10,13H,4-7H2,1H3,(H,20,21,22). The van der Waals surface area contributed by atoms with Crippen molar-refractivity contribution in [3.63, 3.8) is 0 Å². The van der Waals surface area contributed by atoms with E-state index in [0.29, 0.717) is 12.0 Å². The van der Waals surface area contributed by atoms with Gasteiger partial charge in [-0.3, -0.25) is 4.40 Å². The SMILES string of the molecule is Cc1cnc(NC2CCOCC2)nc1-c1cnc2ccc(Br)cn12. The molecule has 3 aromatic rings. The Morgan fingerprint density at radius 2 is 2.04 bits per heavy atom. The van der Waals surface area contributed by atoms with Crippen LogP contribution in [-0.2, 0) is 4.74 Å². The normalized spacial score (nSPS) is 15.8. The van der Waals surface area contributed by atoms with Crippen LogP contribution in [0.5, 0.6) is 0 Å². The minimum Gasteiger partial charge on any atom is -0.381 e. The molecule has 1 fully saturated rings. The Hall–Kier alpha value is -1.99. The van der Waals surface area contributed by atoms with Gasteiger partial charge in [-0.25, -0.2) is 15.0 Å². The van der Waals surface area contributed by atoms with Gasteiger partial charge in [0.15, 0.2) is 0 Å². The molecule has 3 aromatic heterocycles. The van der Waals surface area contributed by atoms with Gasteiger partial charge in [-0.1, -0.05) is 0 Å². The summed E-state index contributed by atoms with van der Waals surface area (Å²) in [5.41, 5.74) is 3.77. The largest absolute Gasteiger partial charge is 0.381 e. The van der Waals surface area contributed by atoms with Crippen LogP contribution >= 0.6 is 15.9 Å². The van der Waals surface area contributed by atoms with E-state index in [1.807, 2.05) is 42.0 Å². The average Bonchev–Trinajstić information content (AvgIpc) is 3.00. The summed E-state index contributed by atoms with van der Waals surface area (Å²) in [7, 11) is 0. The summed E-state index contributed by atoms with van der Waals surface area (Å²) in [5.74, 6) is 0.660. The maximum atomic E-state index is 5.40. The van der Waals surface area contributed by atoms with Crippen molar-refractivity contribution in [1.29, 1.82) is 0 Å². The quantitative estimate of drug-likeness (QED) is 0.745. The Kier molecular flexibility index (Phi) is 4.20. The minimum atomic E-state index is 0.366. The lowest BCUT2D eigenvalue weighted by molar-refractivity contribution is 0.0903. The first kappa shape index (κ1) is 15.5. The Morgan fingerprint density at radius 3 is 2.88 bits per heavy atom. The molecule has 0 radical (unpaired) electrons. The first-order valence-electron chi connectivity index (χ1n) is 8.01. The predicted molar refractivity (Wildman–Crippen MR) is 96.1 cm³/mol. The Bertz CT molecular complexity index is 873. The van der Waals surface area contributed by atoms with Crippen molar-refractivity contribution in [3.8, 4) is 11.4 Å². The maximum Gasteiger partial charge on any atom is 0.223 e. The van der Waals surface area contributed by atoms with Crippen LogP contribution in [0.4, 0.5) is 5.95 Å². The van der Waals surface area contributed by atoms with E-state index in [1.54, 1.807) is 0 Å². The molecule has 0 bridgehead atoms. The lowest BCUT2D eigenvalue weighted by Gasteiger charge is -2.23. The lowest BCUT2D eigenvalue weighted by Crippen LogP contribution is -2.28. The van der Waals surface area contributed by atoms with E-state index in [2.05, 4.69) is 31.2 Å². The van der Waals surface area contributed by atoms with Crippen molar-refractivity contribution >= 4 is 27.5 Å². The number of rotatable bonds is 3. The van der Waals surface area contributed by atoms with Crippen molar-refractivity contribution in [1.82, 2.24) is 19.4 Å². The number of ether oxygens (including phenoxy) is 1. The molecule has 124 valence electrons. The van der Waals surface area contributed by atoms with E-state index >= 15 is 0 Å². The van der Waals surface area contributed by atoms with Crippen LogP contribution in [0.2, 0.25) is 0 Å². The van der Waals surface area contributed by atoms with Gasteiger partial charge in [0, 0.05) is 36.1 Å². The Balaban J connectivity index is 1.71. The molecule has 4 rings (SSSR count). The lowest BCUT2D eigenvalue weighted by atomic mass is 10.1. The van der Waals surface area contributed by atoms with Crippen LogP contribution in [-0.4, -0.2) is 38.6 Å². The van der Waals surface area contributed by atoms with Crippen molar-refractivity contribution < 1.29 is 4.74 Å². The first-order chi connectivity index (χ1) is 11.7. The van der Waals surface area contributed by atoms with Crippen LogP contribution in [0.25, 0.3) is 17.0 Å². The van der Waals surface area contributed by atoms with Gasteiger partial charge in [-0.05, 0) is 53.4 Å². The molecular formula is C17H18BrN5O. The average molecular weight is 388 g/mol. The molecule has 24 heavy (non-hydrogen) atoms. The topological polar surface area (TPSA) is 64.3 Å². The summed E-state index contributed by atoms with van der Waals surface area (Å²) < 4.78 is 8.44. The smallest absolute Gasteiger partial charge is 0.223 e. The number of fused-ring (bicyclic) bond motifs is 1. The number of nitrogens with zero attached hydrogens (tertiary/aromatic N) is 4. The number of aromatic nitrogens is 4. The second kappa shape index (κ2) is 6.49. The fraction of sp³-hybridized carbons (Fsp3) is 0.353. The van der Waals surface area contributed by atoms with E-state index in [4.69, 9.17) is 9.72 Å². The fourth-order valence-electron chi connectivity index (χ4n) is 2.93. The second-order valence-electron chi connectivity index (χ2n) is 5.98. The van der Waals surface area contributed by atoms with E-state index < -0.39 is 0 Å². The molecule has 0 unspecified atom stereocenters. The summed E-state index contributed by atoms with van der Waals surface area (Å²) in [6.07, 6.45) is 7.69. The summed E-state index contributed by atoms with van der Waals surface area (Å²) in [6, 6.07) is 4.33. The zero-order chi connectivity index (χ0) is 16.5. The van der Waals surface area contributed by atoms with Crippen LogP contribution in [0.15, 0.2) is 35.2 Å². The first-order valence-corrected chi connectivity index (χ1v) is 8.81. The van der Waals surface area contributed by atoms with E-state index in [-0.39, 0.29) is 0 Å². The maximum absolute atomic E-state index is 5.40. The predicted octanol–water partition coefficient (Wildman–Crippen LogP) is 3.45. The number of pyridine rings is 1. The molecule has 0 aliphatic carbocycles. The minimum absolute atomic E-state index is 0.366. The number of hydrogen-bond acceptors (Lipinski definition) is 5. The molecule has 1 saturated heterocycles. The monoisotopic (exact) mass is 387 g/mol. The molecule has 1 N–H and O–H groups in total. The van der Waals surface area contributed by atoms with Crippen LogP contribution < -0.4 is 5.32 Å². The fourth-order valence-corrected chi connectivity index (χ4v) is 3.26. The van der Waals surface area contributed by atoms with E-state index in [9.17, 15) is 0 Å². The second-order valence-corrected chi connectivity index (χ2v) is 6.89. The van der Waals surface area contributed by atoms with Gasteiger partial charge in [0.25, 0.3) is 0 Å². The molecule has 1 aliphatic rings. The van der Waals surface area contributed by atoms with Crippen molar-refractivity contribution in [2.24, 2.45) is 0 Å². The van der Waals surface area contributed by atoms with Crippen LogP contribution in [0.1, 0.15) is 18.4 Å². The molecule has 0 amide bonds. The molecule has 6 nitrogen and oxygen atoms in total. The molecule has 0 spiro atoms. The summed E-state index contributed by atoms with van der Waals surface area (Å²) in [5, 5.41) is 3.43. The number of imidazole rings is 1. The third-order valence-corrected chi connectivity index (χ3v) is 4.71. The highest BCUT2D eigenvalue weighted by Crippen LogP contribution is 2.25. The molecule has 4 heterocycles. The number of aryl methyl sites for hydroxylation is 1. The summed E-state index contributed by atoms with van der Waals surface area (Å²) >= 11 is 3.52. The molecule has 7 heteroatoms. The number of halogens is 1. The Labute approximate surface area is 148 Å². The number of hydrogen-bond donors (Lipinski definition) is 1. The van der Waals surface area contributed by atoms with Gasteiger partial charge < -0.3 is 10.1 Å². The molecule has 0 saturated carbocycles. The van der Waals surface area contributed by atoms with Gasteiger partial charge in [0.2, 0.25) is 5.95 Å². The third-order valence-electron chi connectivity index (χ3n) is 4.24. The van der Waals surface area contributed by atoms with Gasteiger partial charge in [-0.15, -0.1) is 0 Å². The molecule has 1 aliphatic heterocycles. The molecule has 0 atom stereocenters. The van der Waals surface area contributed by atoms with Crippen LogP contribution in [0.3, 0.4) is 0 Å². The van der Waals surface area contributed by atoms with Gasteiger partial charge in [-0.2, -0.15) is 0 Å². The Morgan fingerprint density at radius 1 is 1.21 bits per heavy atom. The van der Waals surface area contributed by atoms with E-state index in [0.717, 1.165) is 53.1 Å². The highest BCUT2D eigenvalue weighted by atomic mass is 79.9. The van der Waals surface area contributed by atoms with Crippen molar-refractivity contribution in [3.05, 3.63) is 40.8 Å². The molecule has 0 aromatic carbocycles. The zero-order valence-corrected chi connectivity index (χ0v) is 15.0. The van der Waals surface area contributed by atoms with Crippen molar-refractivity contribution in [2.75, 3.05) is 18.5 Å². The van der Waals surface area contributed by atoms with Gasteiger partial charge in [0.1, 0.15) is 5.65 Å². The van der Waals surface area contributed by atoms with Crippen LogP contribution in [0, 0.1) is 6.92 Å². The van der Waals surface area contributed by atoms with Crippen molar-refractivity contribution in [2.45, 2.75) is 25.8 Å². The summed E-state index contributed by atoms with van der Waals surface area (Å²) in [6.45, 7) is 3.60.